The number of anilines is 1. The minimum atomic E-state index is -4.41. The summed E-state index contributed by atoms with van der Waals surface area (Å²) in [5.74, 6) is 0.991. The second kappa shape index (κ2) is 9.38. The molecule has 0 bridgehead atoms. The summed E-state index contributed by atoms with van der Waals surface area (Å²) in [6.07, 6.45) is 1.07. The second-order valence-electron chi connectivity index (χ2n) is 8.23. The standard InChI is InChI=1S/C15H18F3N3.C8H6N2OS/c1-10-5-7-11(8-6-10)19-13-3-2-4-14-20-12(9-21(13)14)15(16,17)18;9-8(11)5-2-1-3-6-7(5)10-4-12-6/h2-4,9-11,19H,5-8H2,1H3;1-4H,(H2,9,11). The minimum Gasteiger partial charge on any atom is -0.368 e. The molecule has 1 saturated carbocycles. The van der Waals surface area contributed by atoms with E-state index in [4.69, 9.17) is 5.73 Å². The number of carbonyl (C=O) groups is 1. The molecule has 6 nitrogen and oxygen atoms in total. The van der Waals surface area contributed by atoms with Crippen LogP contribution in [0.1, 0.15) is 48.7 Å². The first-order valence-corrected chi connectivity index (χ1v) is 11.5. The van der Waals surface area contributed by atoms with Crippen molar-refractivity contribution in [3.05, 3.63) is 59.4 Å². The smallest absolute Gasteiger partial charge is 0.368 e. The van der Waals surface area contributed by atoms with E-state index in [1.54, 1.807) is 35.8 Å². The largest absolute Gasteiger partial charge is 0.434 e. The van der Waals surface area contributed by atoms with E-state index in [-0.39, 0.29) is 0 Å². The van der Waals surface area contributed by atoms with Gasteiger partial charge >= 0.3 is 6.18 Å². The van der Waals surface area contributed by atoms with E-state index < -0.39 is 17.8 Å². The van der Waals surface area contributed by atoms with Crippen LogP contribution < -0.4 is 11.1 Å². The average Bonchev–Trinajstić information content (AvgIpc) is 3.43. The van der Waals surface area contributed by atoms with Gasteiger partial charge in [0.05, 0.1) is 21.3 Å². The Kier molecular flexibility index (Phi) is 6.55. The van der Waals surface area contributed by atoms with Gasteiger partial charge in [-0.3, -0.25) is 9.20 Å². The number of pyridine rings is 1. The summed E-state index contributed by atoms with van der Waals surface area (Å²) >= 11 is 1.50. The maximum Gasteiger partial charge on any atom is 0.434 e. The van der Waals surface area contributed by atoms with Crippen LogP contribution in [-0.2, 0) is 6.18 Å². The number of thiazole rings is 1. The Morgan fingerprint density at radius 1 is 1.15 bits per heavy atom. The Morgan fingerprint density at radius 3 is 2.58 bits per heavy atom. The van der Waals surface area contributed by atoms with Gasteiger partial charge in [0, 0.05) is 12.2 Å². The van der Waals surface area contributed by atoms with Crippen molar-refractivity contribution >= 4 is 38.9 Å². The number of nitrogens with two attached hydrogens (primary N) is 1. The van der Waals surface area contributed by atoms with Crippen molar-refractivity contribution in [2.45, 2.75) is 44.8 Å². The van der Waals surface area contributed by atoms with Crippen LogP contribution in [0, 0.1) is 5.92 Å². The Bertz CT molecular complexity index is 1260. The first-order chi connectivity index (χ1) is 15.7. The lowest BCUT2D eigenvalue weighted by Crippen LogP contribution is -2.26. The van der Waals surface area contributed by atoms with Crippen LogP contribution in [-0.4, -0.2) is 26.3 Å². The highest BCUT2D eigenvalue weighted by molar-refractivity contribution is 7.16. The number of hydrogen-bond acceptors (Lipinski definition) is 5. The topological polar surface area (TPSA) is 85.3 Å². The lowest BCUT2D eigenvalue weighted by molar-refractivity contribution is -0.140. The number of fused-ring (bicyclic) bond motifs is 2. The first kappa shape index (κ1) is 23.0. The van der Waals surface area contributed by atoms with Crippen LogP contribution in [0.5, 0.6) is 0 Å². The van der Waals surface area contributed by atoms with Gasteiger partial charge in [0.2, 0.25) is 0 Å². The van der Waals surface area contributed by atoms with Crippen LogP contribution in [0.15, 0.2) is 48.1 Å². The number of benzene rings is 1. The molecule has 1 fully saturated rings. The van der Waals surface area contributed by atoms with E-state index in [2.05, 4.69) is 22.2 Å². The van der Waals surface area contributed by atoms with Crippen molar-refractivity contribution in [2.24, 2.45) is 11.7 Å². The molecule has 1 aromatic carbocycles. The highest BCUT2D eigenvalue weighted by atomic mass is 32.1. The molecule has 0 spiro atoms. The Morgan fingerprint density at radius 2 is 1.88 bits per heavy atom. The van der Waals surface area contributed by atoms with Crippen LogP contribution >= 0.6 is 11.3 Å². The molecule has 4 aromatic rings. The molecular formula is C23H24F3N5OS. The van der Waals surface area contributed by atoms with Crippen molar-refractivity contribution in [1.29, 1.82) is 0 Å². The van der Waals surface area contributed by atoms with Crippen molar-refractivity contribution in [1.82, 2.24) is 14.4 Å². The highest BCUT2D eigenvalue weighted by Gasteiger charge is 2.34. The molecule has 33 heavy (non-hydrogen) atoms. The molecule has 174 valence electrons. The molecule has 1 amide bonds. The van der Waals surface area contributed by atoms with Crippen molar-refractivity contribution in [2.75, 3.05) is 5.32 Å². The number of hydrogen-bond donors (Lipinski definition) is 2. The quantitative estimate of drug-likeness (QED) is 0.396. The molecule has 3 aromatic heterocycles. The molecule has 3 heterocycles. The number of amides is 1. The summed E-state index contributed by atoms with van der Waals surface area (Å²) < 4.78 is 40.8. The van der Waals surface area contributed by atoms with Crippen molar-refractivity contribution in [3.8, 4) is 0 Å². The normalized spacial score (nSPS) is 18.7. The van der Waals surface area contributed by atoms with Gasteiger partial charge in [0.15, 0.2) is 5.69 Å². The molecule has 10 heteroatoms. The fourth-order valence-electron chi connectivity index (χ4n) is 3.96. The lowest BCUT2D eigenvalue weighted by Gasteiger charge is -2.27. The van der Waals surface area contributed by atoms with E-state index in [1.165, 1.54) is 15.7 Å². The second-order valence-corrected chi connectivity index (χ2v) is 9.12. The number of primary amides is 1. The Labute approximate surface area is 192 Å². The highest BCUT2D eigenvalue weighted by Crippen LogP contribution is 2.30. The fourth-order valence-corrected chi connectivity index (χ4v) is 4.67. The molecule has 3 N–H and O–H groups in total. The van der Waals surface area contributed by atoms with Crippen LogP contribution in [0.4, 0.5) is 19.0 Å². The molecule has 0 radical (unpaired) electrons. The van der Waals surface area contributed by atoms with Gasteiger partial charge in [-0.1, -0.05) is 19.1 Å². The summed E-state index contributed by atoms with van der Waals surface area (Å²) in [6, 6.07) is 10.8. The maximum atomic E-state index is 12.8. The summed E-state index contributed by atoms with van der Waals surface area (Å²) in [5.41, 5.74) is 7.53. The number of aromatic nitrogens is 3. The van der Waals surface area contributed by atoms with Gasteiger partial charge in [0.25, 0.3) is 5.91 Å². The molecule has 0 atom stereocenters. The predicted molar refractivity (Wildman–Crippen MR) is 123 cm³/mol. The van der Waals surface area contributed by atoms with Crippen molar-refractivity contribution in [3.63, 3.8) is 0 Å². The van der Waals surface area contributed by atoms with E-state index in [0.717, 1.165) is 42.5 Å². The third-order valence-corrected chi connectivity index (χ3v) is 6.57. The number of rotatable bonds is 3. The maximum absolute atomic E-state index is 12.8. The van der Waals surface area contributed by atoms with Gasteiger partial charge in [-0.25, -0.2) is 9.97 Å². The third-order valence-electron chi connectivity index (χ3n) is 5.78. The zero-order valence-corrected chi connectivity index (χ0v) is 18.8. The average molecular weight is 476 g/mol. The lowest BCUT2D eigenvalue weighted by atomic mass is 9.87. The molecule has 0 saturated heterocycles. The molecular weight excluding hydrogens is 451 g/mol. The fraction of sp³-hybridized carbons (Fsp3) is 0.348. The number of alkyl halides is 3. The summed E-state index contributed by atoms with van der Waals surface area (Å²) in [4.78, 5) is 18.6. The monoisotopic (exact) mass is 475 g/mol. The van der Waals surface area contributed by atoms with E-state index >= 15 is 0 Å². The van der Waals surface area contributed by atoms with Gasteiger partial charge in [-0.15, -0.1) is 11.3 Å². The molecule has 0 aliphatic heterocycles. The van der Waals surface area contributed by atoms with Gasteiger partial charge < -0.3 is 11.1 Å². The van der Waals surface area contributed by atoms with Crippen LogP contribution in [0.2, 0.25) is 0 Å². The number of imidazole rings is 1. The minimum absolute atomic E-state index is 0.316. The number of carbonyl (C=O) groups excluding carboxylic acids is 1. The first-order valence-electron chi connectivity index (χ1n) is 10.7. The van der Waals surface area contributed by atoms with E-state index in [0.29, 0.717) is 28.6 Å². The SMILES string of the molecule is CC1CCC(Nc2cccc3nc(C(F)(F)F)cn23)CC1.NC(=O)c1cccc2scnc12. The van der Waals surface area contributed by atoms with Gasteiger partial charge in [-0.2, -0.15) is 13.2 Å². The molecule has 1 aliphatic carbocycles. The van der Waals surface area contributed by atoms with Crippen LogP contribution in [0.3, 0.4) is 0 Å². The number of nitrogens with one attached hydrogen (secondary N) is 1. The van der Waals surface area contributed by atoms with Crippen LogP contribution in [0.25, 0.3) is 15.9 Å². The molecule has 0 unspecified atom stereocenters. The Balaban J connectivity index is 0.000000183. The third kappa shape index (κ3) is 5.27. The van der Waals surface area contributed by atoms with Gasteiger partial charge in [-0.05, 0) is 55.9 Å². The molecule has 1 aliphatic rings. The summed E-state index contributed by atoms with van der Waals surface area (Å²) in [5, 5.41) is 3.36. The molecule has 5 rings (SSSR count). The number of para-hydroxylation sites is 1. The predicted octanol–water partition coefficient (Wildman–Crippen LogP) is 5.74. The Hall–Kier alpha value is -3.14. The van der Waals surface area contributed by atoms with E-state index in [1.807, 2.05) is 6.07 Å². The number of nitrogens with zero attached hydrogens (tertiary/aromatic N) is 3. The van der Waals surface area contributed by atoms with E-state index in [9.17, 15) is 18.0 Å². The summed E-state index contributed by atoms with van der Waals surface area (Å²) in [6.45, 7) is 2.24. The van der Waals surface area contributed by atoms with Gasteiger partial charge in [0.1, 0.15) is 11.5 Å². The zero-order chi connectivity index (χ0) is 23.6. The summed E-state index contributed by atoms with van der Waals surface area (Å²) in [7, 11) is 0. The van der Waals surface area contributed by atoms with Crippen molar-refractivity contribution < 1.29 is 18.0 Å². The zero-order valence-electron chi connectivity index (χ0n) is 18.0. The number of halogens is 3.